The molecule has 2 rings (SSSR count). The molecule has 0 bridgehead atoms. The van der Waals surface area contributed by atoms with Gasteiger partial charge in [-0.05, 0) is 49.1 Å². The fraction of sp³-hybridized carbons (Fsp3) is 0.429. The number of aromatic nitrogens is 1. The van der Waals surface area contributed by atoms with E-state index in [-0.39, 0.29) is 18.6 Å². The van der Waals surface area contributed by atoms with Crippen molar-refractivity contribution in [2.75, 3.05) is 6.61 Å². The number of rotatable bonds is 8. The molecule has 0 amide bonds. The number of carbonyl (C=O) groups excluding carboxylic acids is 1. The van der Waals surface area contributed by atoms with Crippen LogP contribution < -0.4 is 4.74 Å². The van der Waals surface area contributed by atoms with Crippen molar-refractivity contribution < 1.29 is 14.6 Å². The molecule has 0 aliphatic rings. The number of aliphatic hydroxyl groups is 1. The number of hydrogen-bond acceptors (Lipinski definition) is 5. The van der Waals surface area contributed by atoms with E-state index in [1.54, 1.807) is 6.20 Å². The molecule has 0 saturated heterocycles. The summed E-state index contributed by atoms with van der Waals surface area (Å²) in [6.45, 7) is 8.84. The number of hydrogen-bond donors (Lipinski definition) is 1. The van der Waals surface area contributed by atoms with Crippen molar-refractivity contribution in [3.8, 4) is 5.75 Å². The largest absolute Gasteiger partial charge is 0.426 e. The molecule has 1 atom stereocenters. The van der Waals surface area contributed by atoms with Crippen molar-refractivity contribution in [3.05, 3.63) is 58.9 Å². The minimum atomic E-state index is -0.313. The Bertz CT molecular complexity index is 704. The molecule has 0 spiro atoms. The van der Waals surface area contributed by atoms with Crippen LogP contribution in [0.5, 0.6) is 5.75 Å². The fourth-order valence-corrected chi connectivity index (χ4v) is 3.19. The van der Waals surface area contributed by atoms with Crippen LogP contribution in [0.15, 0.2) is 36.5 Å². The normalized spacial score (nSPS) is 12.2. The lowest BCUT2D eigenvalue weighted by Crippen LogP contribution is -2.36. The summed E-state index contributed by atoms with van der Waals surface area (Å²) in [5.74, 6) is 0.318. The van der Waals surface area contributed by atoms with Crippen LogP contribution in [-0.4, -0.2) is 33.6 Å². The number of aliphatic hydroxyl groups excluding tert-OH is 1. The lowest BCUT2D eigenvalue weighted by molar-refractivity contribution is -0.131. The maximum Gasteiger partial charge on any atom is 0.308 e. The minimum absolute atomic E-state index is 0.0609. The number of carbonyl (C=O) groups is 1. The first-order valence-corrected chi connectivity index (χ1v) is 8.98. The number of nitrogens with zero attached hydrogens (tertiary/aromatic N) is 2. The Morgan fingerprint density at radius 3 is 2.42 bits per heavy atom. The van der Waals surface area contributed by atoms with E-state index in [0.717, 1.165) is 28.8 Å². The van der Waals surface area contributed by atoms with Gasteiger partial charge in [0.2, 0.25) is 0 Å². The van der Waals surface area contributed by atoms with E-state index in [0.29, 0.717) is 18.8 Å². The van der Waals surface area contributed by atoms with Gasteiger partial charge in [-0.3, -0.25) is 14.7 Å². The summed E-state index contributed by atoms with van der Waals surface area (Å²) in [5, 5.41) is 9.79. The van der Waals surface area contributed by atoms with Crippen LogP contribution in [0.25, 0.3) is 0 Å². The Balaban J connectivity index is 2.25. The predicted octanol–water partition coefficient (Wildman–Crippen LogP) is 3.40. The first-order chi connectivity index (χ1) is 12.4. The lowest BCUT2D eigenvalue weighted by atomic mass is 10.0. The molecule has 1 N–H and O–H groups in total. The molecule has 1 aromatic heterocycles. The lowest BCUT2D eigenvalue weighted by Gasteiger charge is -2.30. The summed E-state index contributed by atoms with van der Waals surface area (Å²) < 4.78 is 5.32. The topological polar surface area (TPSA) is 62.7 Å². The SMILES string of the molecule is CC[C@@H](CO)N(Cc1cc(C)c(OC(C)=O)c(C)c1)Cc1ccccn1. The summed E-state index contributed by atoms with van der Waals surface area (Å²) in [6, 6.07) is 10.0. The van der Waals surface area contributed by atoms with Crippen LogP contribution in [0.2, 0.25) is 0 Å². The Morgan fingerprint density at radius 2 is 1.92 bits per heavy atom. The Morgan fingerprint density at radius 1 is 1.23 bits per heavy atom. The van der Waals surface area contributed by atoms with Gasteiger partial charge in [0.1, 0.15) is 5.75 Å². The molecular formula is C21H28N2O3. The van der Waals surface area contributed by atoms with Gasteiger partial charge in [-0.2, -0.15) is 0 Å². The zero-order chi connectivity index (χ0) is 19.1. The van der Waals surface area contributed by atoms with Crippen LogP contribution in [0.3, 0.4) is 0 Å². The highest BCUT2D eigenvalue weighted by Crippen LogP contribution is 2.26. The third kappa shape index (κ3) is 5.38. The molecule has 0 saturated carbocycles. The van der Waals surface area contributed by atoms with Gasteiger partial charge in [0.25, 0.3) is 0 Å². The van der Waals surface area contributed by atoms with Gasteiger partial charge in [0.05, 0.1) is 12.3 Å². The van der Waals surface area contributed by atoms with Crippen molar-refractivity contribution in [1.82, 2.24) is 9.88 Å². The fourth-order valence-electron chi connectivity index (χ4n) is 3.19. The molecule has 0 aliphatic carbocycles. The molecule has 5 heteroatoms. The number of ether oxygens (including phenoxy) is 1. The summed E-state index contributed by atoms with van der Waals surface area (Å²) in [5.41, 5.74) is 3.97. The smallest absolute Gasteiger partial charge is 0.308 e. The molecular weight excluding hydrogens is 328 g/mol. The van der Waals surface area contributed by atoms with E-state index < -0.39 is 0 Å². The summed E-state index contributed by atoms with van der Waals surface area (Å²) in [7, 11) is 0. The molecule has 5 nitrogen and oxygen atoms in total. The monoisotopic (exact) mass is 356 g/mol. The number of benzene rings is 1. The van der Waals surface area contributed by atoms with Crippen molar-refractivity contribution in [2.24, 2.45) is 0 Å². The van der Waals surface area contributed by atoms with Gasteiger partial charge in [-0.15, -0.1) is 0 Å². The number of pyridine rings is 1. The van der Waals surface area contributed by atoms with E-state index in [9.17, 15) is 9.90 Å². The second-order valence-corrected chi connectivity index (χ2v) is 6.62. The molecule has 26 heavy (non-hydrogen) atoms. The highest BCUT2D eigenvalue weighted by atomic mass is 16.5. The predicted molar refractivity (Wildman–Crippen MR) is 102 cm³/mol. The van der Waals surface area contributed by atoms with Crippen LogP contribution in [0.1, 0.15) is 42.7 Å². The van der Waals surface area contributed by atoms with Crippen molar-refractivity contribution >= 4 is 5.97 Å². The molecule has 1 aromatic carbocycles. The van der Waals surface area contributed by atoms with E-state index in [2.05, 4.69) is 16.8 Å². The Hall–Kier alpha value is -2.24. The van der Waals surface area contributed by atoms with Crippen LogP contribution in [0.4, 0.5) is 0 Å². The van der Waals surface area contributed by atoms with Crippen LogP contribution >= 0.6 is 0 Å². The number of aryl methyl sites for hydroxylation is 2. The maximum absolute atomic E-state index is 11.3. The standard InChI is InChI=1S/C21H28N2O3/c1-5-20(14-24)23(13-19-8-6-7-9-22-19)12-18-10-15(2)21(16(3)11-18)26-17(4)25/h6-11,20,24H,5,12-14H2,1-4H3/t20-/m0/s1. The van der Waals surface area contributed by atoms with Gasteiger partial charge in [-0.25, -0.2) is 0 Å². The van der Waals surface area contributed by atoms with E-state index in [1.807, 2.05) is 44.2 Å². The Labute approximate surface area is 155 Å². The van der Waals surface area contributed by atoms with Gasteiger partial charge >= 0.3 is 5.97 Å². The van der Waals surface area contributed by atoms with Gasteiger partial charge < -0.3 is 9.84 Å². The molecule has 2 aromatic rings. The zero-order valence-corrected chi connectivity index (χ0v) is 16.0. The quantitative estimate of drug-likeness (QED) is 0.580. The minimum Gasteiger partial charge on any atom is -0.426 e. The first kappa shape index (κ1) is 20.1. The van der Waals surface area contributed by atoms with Crippen LogP contribution in [0, 0.1) is 13.8 Å². The second-order valence-electron chi connectivity index (χ2n) is 6.62. The van der Waals surface area contributed by atoms with Gasteiger partial charge in [0, 0.05) is 32.3 Å². The molecule has 1 heterocycles. The second kappa shape index (κ2) is 9.46. The average Bonchev–Trinajstić information content (AvgIpc) is 2.60. The average molecular weight is 356 g/mol. The van der Waals surface area contributed by atoms with Gasteiger partial charge in [-0.1, -0.05) is 25.1 Å². The van der Waals surface area contributed by atoms with Gasteiger partial charge in [0.15, 0.2) is 0 Å². The molecule has 140 valence electrons. The zero-order valence-electron chi connectivity index (χ0n) is 16.0. The molecule has 0 aliphatic heterocycles. The summed E-state index contributed by atoms with van der Waals surface area (Å²) in [6.07, 6.45) is 2.64. The van der Waals surface area contributed by atoms with Crippen molar-refractivity contribution in [3.63, 3.8) is 0 Å². The van der Waals surface area contributed by atoms with Crippen LogP contribution in [-0.2, 0) is 17.9 Å². The maximum atomic E-state index is 11.3. The van der Waals surface area contributed by atoms with E-state index >= 15 is 0 Å². The van der Waals surface area contributed by atoms with Crippen molar-refractivity contribution in [2.45, 2.75) is 53.2 Å². The van der Waals surface area contributed by atoms with E-state index in [1.165, 1.54) is 6.92 Å². The highest BCUT2D eigenvalue weighted by Gasteiger charge is 2.18. The third-order valence-electron chi connectivity index (χ3n) is 4.44. The first-order valence-electron chi connectivity index (χ1n) is 8.98. The molecule has 0 fully saturated rings. The third-order valence-corrected chi connectivity index (χ3v) is 4.44. The Kier molecular flexibility index (Phi) is 7.30. The summed E-state index contributed by atoms with van der Waals surface area (Å²) in [4.78, 5) is 17.9. The highest BCUT2D eigenvalue weighted by molar-refractivity contribution is 5.70. The van der Waals surface area contributed by atoms with E-state index in [4.69, 9.17) is 4.74 Å². The van der Waals surface area contributed by atoms with Crippen molar-refractivity contribution in [1.29, 1.82) is 0 Å². The molecule has 0 unspecified atom stereocenters. The molecule has 0 radical (unpaired) electrons. The number of esters is 1. The summed E-state index contributed by atoms with van der Waals surface area (Å²) >= 11 is 0.